The van der Waals surface area contributed by atoms with Crippen LogP contribution >= 0.6 is 0 Å². The molecule has 0 unspecified atom stereocenters. The van der Waals surface area contributed by atoms with Gasteiger partial charge >= 0.3 is 6.03 Å². The number of hydrogen-bond donors (Lipinski definition) is 2. The molecule has 1 aromatic heterocycles. The van der Waals surface area contributed by atoms with Gasteiger partial charge in [0.15, 0.2) is 5.96 Å². The standard InChI is InChI=1S/C18H23N5O3/c1-3-19-17(20-8-9-23-16(24)11-21-18(23)25)22(2)12-14-10-13-6-4-5-7-15(13)26-14/h4-7,10H,3,8-9,11-12H2,1-2H3,(H,19,20)(H,21,25). The minimum absolute atomic E-state index is 0.0641. The van der Waals surface area contributed by atoms with Crippen molar-refractivity contribution in [2.24, 2.45) is 4.99 Å². The van der Waals surface area contributed by atoms with Gasteiger partial charge in [-0.2, -0.15) is 0 Å². The number of guanidine groups is 1. The lowest BCUT2D eigenvalue weighted by atomic mass is 10.2. The highest BCUT2D eigenvalue weighted by molar-refractivity contribution is 6.01. The molecule has 2 N–H and O–H groups in total. The number of amides is 3. The van der Waals surface area contributed by atoms with Crippen molar-refractivity contribution in [3.05, 3.63) is 36.1 Å². The van der Waals surface area contributed by atoms with Gasteiger partial charge in [0.25, 0.3) is 0 Å². The van der Waals surface area contributed by atoms with Crippen LogP contribution in [-0.4, -0.2) is 60.9 Å². The number of nitrogens with one attached hydrogen (secondary N) is 2. The first-order chi connectivity index (χ1) is 12.6. The van der Waals surface area contributed by atoms with E-state index in [4.69, 9.17) is 4.42 Å². The van der Waals surface area contributed by atoms with E-state index in [0.29, 0.717) is 25.6 Å². The van der Waals surface area contributed by atoms with Crippen molar-refractivity contribution in [1.82, 2.24) is 20.4 Å². The van der Waals surface area contributed by atoms with Gasteiger partial charge in [0.2, 0.25) is 5.91 Å². The van der Waals surface area contributed by atoms with Crippen LogP contribution in [-0.2, 0) is 11.3 Å². The summed E-state index contributed by atoms with van der Waals surface area (Å²) in [5.41, 5.74) is 0.858. The van der Waals surface area contributed by atoms with Gasteiger partial charge in [-0.15, -0.1) is 0 Å². The van der Waals surface area contributed by atoms with Crippen LogP contribution in [0.5, 0.6) is 0 Å². The number of furan rings is 1. The molecule has 3 rings (SSSR count). The Bertz CT molecular complexity index is 780. The molecule has 2 aromatic rings. The van der Waals surface area contributed by atoms with Crippen molar-refractivity contribution in [3.63, 3.8) is 0 Å². The van der Waals surface area contributed by atoms with E-state index >= 15 is 0 Å². The minimum atomic E-state index is -0.356. The van der Waals surface area contributed by atoms with Crippen LogP contribution in [0, 0.1) is 0 Å². The highest BCUT2D eigenvalue weighted by atomic mass is 16.3. The molecular weight excluding hydrogens is 334 g/mol. The summed E-state index contributed by atoms with van der Waals surface area (Å²) in [6.45, 7) is 3.93. The van der Waals surface area contributed by atoms with Gasteiger partial charge in [0.05, 0.1) is 26.2 Å². The number of benzene rings is 1. The molecule has 0 saturated carbocycles. The molecule has 3 amide bonds. The Morgan fingerprint density at radius 3 is 2.88 bits per heavy atom. The molecule has 1 fully saturated rings. The van der Waals surface area contributed by atoms with E-state index in [2.05, 4.69) is 15.6 Å². The summed E-state index contributed by atoms with van der Waals surface area (Å²) in [7, 11) is 1.92. The SMILES string of the molecule is CCNC(=NCCN1C(=O)CNC1=O)N(C)Cc1cc2ccccc2o1. The predicted octanol–water partition coefficient (Wildman–Crippen LogP) is 1.38. The molecule has 8 heteroatoms. The zero-order chi connectivity index (χ0) is 18.5. The van der Waals surface area contributed by atoms with Gasteiger partial charge in [-0.3, -0.25) is 14.7 Å². The zero-order valence-corrected chi connectivity index (χ0v) is 15.0. The monoisotopic (exact) mass is 357 g/mol. The van der Waals surface area contributed by atoms with Crippen LogP contribution in [0.1, 0.15) is 12.7 Å². The molecule has 1 saturated heterocycles. The molecule has 0 radical (unpaired) electrons. The molecule has 8 nitrogen and oxygen atoms in total. The van der Waals surface area contributed by atoms with Crippen molar-refractivity contribution in [1.29, 1.82) is 0 Å². The topological polar surface area (TPSA) is 90.2 Å². The maximum atomic E-state index is 11.6. The van der Waals surface area contributed by atoms with Crippen LogP contribution in [0.2, 0.25) is 0 Å². The quantitative estimate of drug-likeness (QED) is 0.463. The molecule has 0 spiro atoms. The first kappa shape index (κ1) is 17.8. The van der Waals surface area contributed by atoms with Crippen LogP contribution < -0.4 is 10.6 Å². The van der Waals surface area contributed by atoms with Crippen molar-refractivity contribution in [2.45, 2.75) is 13.5 Å². The highest BCUT2D eigenvalue weighted by Crippen LogP contribution is 2.19. The van der Waals surface area contributed by atoms with Gasteiger partial charge in [0, 0.05) is 19.0 Å². The van der Waals surface area contributed by atoms with E-state index in [0.717, 1.165) is 16.7 Å². The summed E-state index contributed by atoms with van der Waals surface area (Å²) in [4.78, 5) is 30.8. The highest BCUT2D eigenvalue weighted by Gasteiger charge is 2.27. The van der Waals surface area contributed by atoms with E-state index in [1.807, 2.05) is 49.2 Å². The summed E-state index contributed by atoms with van der Waals surface area (Å²) in [6, 6.07) is 9.54. The molecule has 2 heterocycles. The largest absolute Gasteiger partial charge is 0.459 e. The van der Waals surface area contributed by atoms with E-state index < -0.39 is 0 Å². The number of rotatable bonds is 6. The second-order valence-corrected chi connectivity index (χ2v) is 6.05. The first-order valence-electron chi connectivity index (χ1n) is 8.63. The number of carbonyl (C=O) groups excluding carboxylic acids is 2. The van der Waals surface area contributed by atoms with E-state index in [1.54, 1.807) is 0 Å². The van der Waals surface area contributed by atoms with Gasteiger partial charge in [0.1, 0.15) is 11.3 Å². The first-order valence-corrected chi connectivity index (χ1v) is 8.63. The summed E-state index contributed by atoms with van der Waals surface area (Å²) < 4.78 is 5.85. The average Bonchev–Trinajstić information content (AvgIpc) is 3.17. The van der Waals surface area contributed by atoms with Gasteiger partial charge in [-0.1, -0.05) is 18.2 Å². The lowest BCUT2D eigenvalue weighted by Gasteiger charge is -2.21. The molecule has 0 bridgehead atoms. The van der Waals surface area contributed by atoms with Gasteiger partial charge in [-0.25, -0.2) is 4.79 Å². The molecule has 138 valence electrons. The Labute approximate surface area is 151 Å². The lowest BCUT2D eigenvalue weighted by Crippen LogP contribution is -2.39. The lowest BCUT2D eigenvalue weighted by molar-refractivity contribution is -0.124. The van der Waals surface area contributed by atoms with Crippen LogP contribution in [0.4, 0.5) is 4.79 Å². The number of aliphatic imine (C=N–C) groups is 1. The van der Waals surface area contributed by atoms with Gasteiger partial charge < -0.3 is 20.0 Å². The zero-order valence-electron chi connectivity index (χ0n) is 15.0. The Hall–Kier alpha value is -3.03. The number of para-hydroxylation sites is 1. The molecular formula is C18H23N5O3. The van der Waals surface area contributed by atoms with E-state index in [-0.39, 0.29) is 25.0 Å². The summed E-state index contributed by atoms with van der Waals surface area (Å²) in [5, 5.41) is 6.78. The number of imide groups is 1. The summed E-state index contributed by atoms with van der Waals surface area (Å²) >= 11 is 0. The van der Waals surface area contributed by atoms with E-state index in [9.17, 15) is 9.59 Å². The fourth-order valence-electron chi connectivity index (χ4n) is 2.83. The Morgan fingerprint density at radius 2 is 2.19 bits per heavy atom. The Balaban J connectivity index is 1.63. The fourth-order valence-corrected chi connectivity index (χ4v) is 2.83. The Morgan fingerprint density at radius 1 is 1.38 bits per heavy atom. The third-order valence-electron chi connectivity index (χ3n) is 4.09. The Kier molecular flexibility index (Phi) is 5.40. The normalized spacial score (nSPS) is 14.8. The van der Waals surface area contributed by atoms with Crippen molar-refractivity contribution in [3.8, 4) is 0 Å². The maximum Gasteiger partial charge on any atom is 0.324 e. The summed E-state index contributed by atoms with van der Waals surface area (Å²) in [6.07, 6.45) is 0. The molecule has 1 aliphatic heterocycles. The number of hydrogen-bond acceptors (Lipinski definition) is 4. The third kappa shape index (κ3) is 3.96. The number of fused-ring (bicyclic) bond motifs is 1. The molecule has 0 atom stereocenters. The van der Waals surface area contributed by atoms with Crippen LogP contribution in [0.15, 0.2) is 39.7 Å². The minimum Gasteiger partial charge on any atom is -0.459 e. The summed E-state index contributed by atoms with van der Waals surface area (Å²) in [5.74, 6) is 1.32. The van der Waals surface area contributed by atoms with Crippen molar-refractivity contribution in [2.75, 3.05) is 33.2 Å². The number of urea groups is 1. The average molecular weight is 357 g/mol. The maximum absolute atomic E-state index is 11.6. The second kappa shape index (κ2) is 7.90. The van der Waals surface area contributed by atoms with E-state index in [1.165, 1.54) is 4.90 Å². The molecule has 0 aliphatic carbocycles. The number of nitrogens with zero attached hydrogens (tertiary/aromatic N) is 3. The third-order valence-corrected chi connectivity index (χ3v) is 4.09. The van der Waals surface area contributed by atoms with Crippen molar-refractivity contribution < 1.29 is 14.0 Å². The second-order valence-electron chi connectivity index (χ2n) is 6.05. The predicted molar refractivity (Wildman–Crippen MR) is 98.8 cm³/mol. The fraction of sp³-hybridized carbons (Fsp3) is 0.389. The smallest absolute Gasteiger partial charge is 0.324 e. The van der Waals surface area contributed by atoms with Crippen molar-refractivity contribution >= 4 is 28.9 Å². The van der Waals surface area contributed by atoms with Crippen LogP contribution in [0.25, 0.3) is 11.0 Å². The van der Waals surface area contributed by atoms with Gasteiger partial charge in [-0.05, 0) is 19.1 Å². The molecule has 1 aliphatic rings. The van der Waals surface area contributed by atoms with Crippen LogP contribution in [0.3, 0.4) is 0 Å². The number of carbonyl (C=O) groups is 2. The molecule has 26 heavy (non-hydrogen) atoms. The molecule has 1 aromatic carbocycles.